The molecule has 44 heavy (non-hydrogen) atoms. The number of hydrogen-bond acceptors (Lipinski definition) is 7. The van der Waals surface area contributed by atoms with Crippen LogP contribution in [0.1, 0.15) is 48.7 Å². The second-order valence-electron chi connectivity index (χ2n) is 10.6. The van der Waals surface area contributed by atoms with Crippen molar-refractivity contribution in [3.05, 3.63) is 77.6 Å². The Morgan fingerprint density at radius 1 is 1.07 bits per heavy atom. The number of hydrogen-bond donors (Lipinski definition) is 3. The zero-order valence-electron chi connectivity index (χ0n) is 24.6. The van der Waals surface area contributed by atoms with Crippen molar-refractivity contribution < 1.29 is 31.5 Å². The molecule has 0 atom stereocenters. The molecule has 0 spiro atoms. The number of halogens is 2. The number of nitrogens with two attached hydrogens (primary N) is 1. The van der Waals surface area contributed by atoms with Crippen LogP contribution < -0.4 is 20.5 Å². The number of ether oxygens (including phenoxy) is 1. The van der Waals surface area contributed by atoms with E-state index in [4.69, 9.17) is 10.5 Å². The number of benzene rings is 2. The van der Waals surface area contributed by atoms with Gasteiger partial charge in [0.15, 0.2) is 0 Å². The topological polar surface area (TPSA) is 147 Å². The van der Waals surface area contributed by atoms with Crippen molar-refractivity contribution in [2.45, 2.75) is 45.2 Å². The number of anilines is 2. The first-order chi connectivity index (χ1) is 20.9. The molecule has 0 bridgehead atoms. The van der Waals surface area contributed by atoms with Crippen LogP contribution in [-0.4, -0.2) is 67.1 Å². The molecule has 4 rings (SSSR count). The van der Waals surface area contributed by atoms with Crippen LogP contribution in [0.2, 0.25) is 0 Å². The Balaban J connectivity index is 1.31. The van der Waals surface area contributed by atoms with Crippen LogP contribution >= 0.6 is 0 Å². The zero-order chi connectivity index (χ0) is 31.9. The van der Waals surface area contributed by atoms with E-state index in [2.05, 4.69) is 19.9 Å². The Hall–Kier alpha value is -4.30. The summed E-state index contributed by atoms with van der Waals surface area (Å²) in [6.45, 7) is 4.52. The molecule has 0 unspecified atom stereocenters. The van der Waals surface area contributed by atoms with E-state index >= 15 is 0 Å². The lowest BCUT2D eigenvalue weighted by Crippen LogP contribution is -2.49. The Kier molecular flexibility index (Phi) is 10.7. The fourth-order valence-corrected chi connectivity index (χ4v) is 5.49. The number of pyridine rings is 1. The maximum Gasteiger partial charge on any atom is 0.322 e. The van der Waals surface area contributed by atoms with Gasteiger partial charge in [-0.15, -0.1) is 0 Å². The van der Waals surface area contributed by atoms with Crippen LogP contribution in [0, 0.1) is 11.6 Å². The number of piperidine rings is 1. The van der Waals surface area contributed by atoms with Gasteiger partial charge >= 0.3 is 6.03 Å². The van der Waals surface area contributed by atoms with E-state index in [1.54, 1.807) is 35.4 Å². The number of amides is 3. The van der Waals surface area contributed by atoms with Gasteiger partial charge in [0.1, 0.15) is 23.1 Å². The molecule has 236 valence electrons. The second kappa shape index (κ2) is 14.4. The van der Waals surface area contributed by atoms with Gasteiger partial charge in [-0.25, -0.2) is 22.0 Å². The van der Waals surface area contributed by atoms with E-state index in [0.29, 0.717) is 62.3 Å². The summed E-state index contributed by atoms with van der Waals surface area (Å²) in [4.78, 5) is 33.1. The smallest absolute Gasteiger partial charge is 0.322 e. The van der Waals surface area contributed by atoms with E-state index in [1.807, 2.05) is 19.1 Å². The molecule has 1 fully saturated rings. The first-order valence-electron chi connectivity index (χ1n) is 14.2. The van der Waals surface area contributed by atoms with Gasteiger partial charge in [-0.1, -0.05) is 13.3 Å². The van der Waals surface area contributed by atoms with Gasteiger partial charge in [-0.3, -0.25) is 19.4 Å². The highest BCUT2D eigenvalue weighted by atomic mass is 32.2. The first-order valence-corrected chi connectivity index (χ1v) is 16.1. The van der Waals surface area contributed by atoms with Gasteiger partial charge in [0.25, 0.3) is 5.91 Å². The molecule has 3 amide bonds. The van der Waals surface area contributed by atoms with Crippen molar-refractivity contribution in [1.29, 1.82) is 0 Å². The first kappa shape index (κ1) is 32.6. The minimum Gasteiger partial charge on any atom is -0.456 e. The largest absolute Gasteiger partial charge is 0.456 e. The van der Waals surface area contributed by atoms with Crippen molar-refractivity contribution in [2.75, 3.05) is 35.9 Å². The van der Waals surface area contributed by atoms with Gasteiger partial charge in [-0.2, -0.15) is 0 Å². The number of unbranched alkanes of at least 4 members (excludes halogenated alkanes) is 1. The molecule has 2 aromatic carbocycles. The summed E-state index contributed by atoms with van der Waals surface area (Å²) in [7, 11) is -3.36. The standard InChI is InChI=1S/C30H36F2N6O5S/c1-3-4-13-38(30(40)35-28-16-25(29(33)39)26(31)17-27(28)32)22-11-14-37(15-12-22)19-21-7-10-24(18-34-21)43-23-8-5-20(6-9-23)36-44(2,41)42/h5-10,16-18,22,36H,3-4,11-15,19H2,1-2H3,(H2,33,39)(H,35,40). The molecule has 4 N–H and O–H groups in total. The lowest BCUT2D eigenvalue weighted by atomic mass is 10.0. The van der Waals surface area contributed by atoms with Gasteiger partial charge in [0, 0.05) is 44.0 Å². The average molecular weight is 631 g/mol. The molecular formula is C30H36F2N6O5S. The van der Waals surface area contributed by atoms with Crippen molar-refractivity contribution in [3.63, 3.8) is 0 Å². The van der Waals surface area contributed by atoms with Crippen LogP contribution in [0.4, 0.5) is 25.0 Å². The molecular weight excluding hydrogens is 594 g/mol. The summed E-state index contributed by atoms with van der Waals surface area (Å²) in [5, 5.41) is 2.50. The normalized spacial score (nSPS) is 14.2. The molecule has 11 nitrogen and oxygen atoms in total. The summed E-state index contributed by atoms with van der Waals surface area (Å²) < 4.78 is 59.2. The number of rotatable bonds is 12. The van der Waals surface area contributed by atoms with E-state index in [0.717, 1.165) is 30.9 Å². The number of carbonyl (C=O) groups is 2. The average Bonchev–Trinajstić information content (AvgIpc) is 2.96. The number of urea groups is 1. The van der Waals surface area contributed by atoms with Gasteiger partial charge in [0.2, 0.25) is 10.0 Å². The summed E-state index contributed by atoms with van der Waals surface area (Å²) in [6, 6.07) is 11.1. The lowest BCUT2D eigenvalue weighted by Gasteiger charge is -2.38. The van der Waals surface area contributed by atoms with Crippen LogP contribution in [0.15, 0.2) is 54.7 Å². The van der Waals surface area contributed by atoms with Gasteiger partial charge < -0.3 is 20.7 Å². The summed E-state index contributed by atoms with van der Waals surface area (Å²) >= 11 is 0. The third-order valence-electron chi connectivity index (χ3n) is 7.15. The Labute approximate surface area is 255 Å². The minimum absolute atomic E-state index is 0.0836. The molecule has 1 aromatic heterocycles. The Morgan fingerprint density at radius 3 is 2.34 bits per heavy atom. The molecule has 0 saturated carbocycles. The summed E-state index contributed by atoms with van der Waals surface area (Å²) in [5.41, 5.74) is 5.66. The van der Waals surface area contributed by atoms with Crippen molar-refractivity contribution in [1.82, 2.24) is 14.8 Å². The molecule has 14 heteroatoms. The van der Waals surface area contributed by atoms with E-state index in [9.17, 15) is 26.8 Å². The molecule has 1 aliphatic rings. The summed E-state index contributed by atoms with van der Waals surface area (Å²) in [6.07, 6.45) is 5.71. The molecule has 3 aromatic rings. The lowest BCUT2D eigenvalue weighted by molar-refractivity contribution is 0.0996. The Bertz CT molecular complexity index is 1560. The fourth-order valence-electron chi connectivity index (χ4n) is 4.92. The number of nitrogens with one attached hydrogen (secondary N) is 2. The number of likely N-dealkylation sites (tertiary alicyclic amines) is 1. The fraction of sp³-hybridized carbons (Fsp3) is 0.367. The monoisotopic (exact) mass is 630 g/mol. The van der Waals surface area contributed by atoms with Crippen LogP contribution in [0.3, 0.4) is 0 Å². The van der Waals surface area contributed by atoms with Crippen molar-refractivity contribution in [3.8, 4) is 11.5 Å². The highest BCUT2D eigenvalue weighted by Gasteiger charge is 2.29. The predicted octanol–water partition coefficient (Wildman–Crippen LogP) is 4.92. The van der Waals surface area contributed by atoms with E-state index < -0.39 is 39.2 Å². The number of nitrogens with zero attached hydrogens (tertiary/aromatic N) is 3. The molecule has 2 heterocycles. The maximum atomic E-state index is 14.4. The number of primary amides is 1. The van der Waals surface area contributed by atoms with Crippen LogP contribution in [-0.2, 0) is 16.6 Å². The minimum atomic E-state index is -3.36. The van der Waals surface area contributed by atoms with Crippen molar-refractivity contribution >= 4 is 33.3 Å². The third-order valence-corrected chi connectivity index (χ3v) is 7.76. The number of aromatic nitrogens is 1. The quantitative estimate of drug-likeness (QED) is 0.257. The zero-order valence-corrected chi connectivity index (χ0v) is 25.4. The second-order valence-corrected chi connectivity index (χ2v) is 12.4. The van der Waals surface area contributed by atoms with Crippen molar-refractivity contribution in [2.24, 2.45) is 5.73 Å². The molecule has 0 radical (unpaired) electrons. The molecule has 0 aliphatic carbocycles. The van der Waals surface area contributed by atoms with Gasteiger partial charge in [-0.05, 0) is 61.7 Å². The Morgan fingerprint density at radius 2 is 1.75 bits per heavy atom. The SMILES string of the molecule is CCCCN(C(=O)Nc1cc(C(N)=O)c(F)cc1F)C1CCN(Cc2ccc(Oc3ccc(NS(C)(=O)=O)cc3)cn2)CC1. The molecule has 1 aliphatic heterocycles. The number of sulfonamides is 1. The maximum absolute atomic E-state index is 14.4. The van der Waals surface area contributed by atoms with Gasteiger partial charge in [0.05, 0.1) is 29.4 Å². The summed E-state index contributed by atoms with van der Waals surface area (Å²) in [5.74, 6) is -2.06. The third kappa shape index (κ3) is 9.10. The predicted molar refractivity (Wildman–Crippen MR) is 163 cm³/mol. The highest BCUT2D eigenvalue weighted by molar-refractivity contribution is 7.92. The highest BCUT2D eigenvalue weighted by Crippen LogP contribution is 2.25. The van der Waals surface area contributed by atoms with Crippen LogP contribution in [0.5, 0.6) is 11.5 Å². The van der Waals surface area contributed by atoms with Crippen LogP contribution in [0.25, 0.3) is 0 Å². The molecule has 1 saturated heterocycles. The number of carbonyl (C=O) groups excluding carboxylic acids is 2. The van der Waals surface area contributed by atoms with E-state index in [1.165, 1.54) is 0 Å². The van der Waals surface area contributed by atoms with E-state index in [-0.39, 0.29) is 11.7 Å².